The molecule has 3 heterocycles. The van der Waals surface area contributed by atoms with E-state index in [1.807, 2.05) is 37.3 Å². The lowest BCUT2D eigenvalue weighted by Crippen LogP contribution is -2.28. The van der Waals surface area contributed by atoms with Crippen LogP contribution in [0.1, 0.15) is 45.8 Å². The van der Waals surface area contributed by atoms with Crippen molar-refractivity contribution in [2.75, 3.05) is 17.2 Å². The Hall–Kier alpha value is -5.12. The second-order valence-electron chi connectivity index (χ2n) is 8.61. The van der Waals surface area contributed by atoms with Crippen molar-refractivity contribution in [2.45, 2.75) is 13.0 Å². The van der Waals surface area contributed by atoms with Gasteiger partial charge in [0.2, 0.25) is 0 Å². The van der Waals surface area contributed by atoms with Gasteiger partial charge < -0.3 is 20.9 Å². The first-order chi connectivity index (χ1) is 18.5. The molecule has 190 valence electrons. The molecule has 10 heteroatoms. The third-order valence-electron chi connectivity index (χ3n) is 5.97. The number of nitrogens with zero attached hydrogens (tertiary/aromatic N) is 3. The molecule has 0 unspecified atom stereocenters. The topological polar surface area (TPSA) is 125 Å². The minimum Gasteiger partial charge on any atom is -0.365 e. The predicted molar refractivity (Wildman–Crippen MR) is 143 cm³/mol. The standard InChI is InChI=1S/C28H24FN7O2/c1-17(19-5-7-20(29)8-6-19)35-28(38)25-26(33-12-11-31-25)32-10-2-3-18-4-9-22-23(14-21-15-30-16-34-21)27(37)36-24(22)13-18/h2-9,11-17H,10H2,1H3,(H,30,34)(H,32,33)(H,35,38)(H,36,37)/b3-2+,23-14-/t17-/m0/s1. The summed E-state index contributed by atoms with van der Waals surface area (Å²) >= 11 is 0. The van der Waals surface area contributed by atoms with Crippen molar-refractivity contribution in [3.05, 3.63) is 107 Å². The van der Waals surface area contributed by atoms with E-state index in [2.05, 4.69) is 35.9 Å². The number of rotatable bonds is 8. The molecule has 0 saturated heterocycles. The van der Waals surface area contributed by atoms with Crippen LogP contribution in [0.4, 0.5) is 15.9 Å². The average Bonchev–Trinajstić information content (AvgIpc) is 3.54. The number of fused-ring (bicyclic) bond motifs is 1. The van der Waals surface area contributed by atoms with Gasteiger partial charge >= 0.3 is 0 Å². The van der Waals surface area contributed by atoms with Gasteiger partial charge in [0.05, 0.1) is 29.8 Å². The number of anilines is 2. The number of hydrogen-bond donors (Lipinski definition) is 4. The Labute approximate surface area is 218 Å². The van der Waals surface area contributed by atoms with Crippen molar-refractivity contribution in [1.82, 2.24) is 25.3 Å². The van der Waals surface area contributed by atoms with Crippen LogP contribution in [0.15, 0.2) is 73.5 Å². The number of amides is 2. The van der Waals surface area contributed by atoms with Crippen molar-refractivity contribution >= 4 is 41.0 Å². The molecule has 38 heavy (non-hydrogen) atoms. The fraction of sp³-hybridized carbons (Fsp3) is 0.107. The van der Waals surface area contributed by atoms with Gasteiger partial charge in [0, 0.05) is 30.2 Å². The highest BCUT2D eigenvalue weighted by Crippen LogP contribution is 2.33. The molecule has 1 atom stereocenters. The van der Waals surface area contributed by atoms with Crippen molar-refractivity contribution in [3.63, 3.8) is 0 Å². The Balaban J connectivity index is 1.22. The lowest BCUT2D eigenvalue weighted by Gasteiger charge is -2.15. The molecule has 0 saturated carbocycles. The maximum Gasteiger partial charge on any atom is 0.274 e. The van der Waals surface area contributed by atoms with E-state index < -0.39 is 5.91 Å². The summed E-state index contributed by atoms with van der Waals surface area (Å²) in [5, 5.41) is 8.88. The van der Waals surface area contributed by atoms with Gasteiger partial charge in [0.25, 0.3) is 11.8 Å². The Morgan fingerprint density at radius 3 is 2.74 bits per heavy atom. The third kappa shape index (κ3) is 5.49. The highest BCUT2D eigenvalue weighted by Gasteiger charge is 2.24. The van der Waals surface area contributed by atoms with Crippen molar-refractivity contribution in [3.8, 4) is 0 Å². The number of aromatic nitrogens is 4. The Morgan fingerprint density at radius 2 is 1.95 bits per heavy atom. The summed E-state index contributed by atoms with van der Waals surface area (Å²) in [6, 6.07) is 11.3. The third-order valence-corrected chi connectivity index (χ3v) is 5.97. The second-order valence-corrected chi connectivity index (χ2v) is 8.61. The molecule has 0 aliphatic carbocycles. The zero-order valence-corrected chi connectivity index (χ0v) is 20.4. The number of imidazole rings is 1. The quantitative estimate of drug-likeness (QED) is 0.260. The van der Waals surface area contributed by atoms with E-state index >= 15 is 0 Å². The molecular weight excluding hydrogens is 485 g/mol. The predicted octanol–water partition coefficient (Wildman–Crippen LogP) is 4.45. The number of halogens is 1. The van der Waals surface area contributed by atoms with Gasteiger partial charge in [-0.25, -0.2) is 19.3 Å². The molecule has 0 spiro atoms. The first-order valence-electron chi connectivity index (χ1n) is 11.9. The van der Waals surface area contributed by atoms with Crippen LogP contribution >= 0.6 is 0 Å². The van der Waals surface area contributed by atoms with Crippen molar-refractivity contribution < 1.29 is 14.0 Å². The summed E-state index contributed by atoms with van der Waals surface area (Å²) in [6.07, 6.45) is 11.7. The van der Waals surface area contributed by atoms with Crippen LogP contribution < -0.4 is 16.0 Å². The van der Waals surface area contributed by atoms with E-state index in [0.29, 0.717) is 17.9 Å². The first kappa shape index (κ1) is 24.6. The number of hydrogen-bond acceptors (Lipinski definition) is 6. The largest absolute Gasteiger partial charge is 0.365 e. The molecule has 0 radical (unpaired) electrons. The molecule has 0 bridgehead atoms. The maximum absolute atomic E-state index is 13.2. The summed E-state index contributed by atoms with van der Waals surface area (Å²) in [4.78, 5) is 40.7. The summed E-state index contributed by atoms with van der Waals surface area (Å²) in [7, 11) is 0. The van der Waals surface area contributed by atoms with Gasteiger partial charge in [-0.2, -0.15) is 0 Å². The van der Waals surface area contributed by atoms with Crippen LogP contribution in [0.5, 0.6) is 0 Å². The van der Waals surface area contributed by atoms with Crippen molar-refractivity contribution in [2.24, 2.45) is 0 Å². The van der Waals surface area contributed by atoms with Gasteiger partial charge in [-0.1, -0.05) is 36.4 Å². The molecule has 0 fully saturated rings. The molecule has 2 aromatic heterocycles. The van der Waals surface area contributed by atoms with E-state index in [1.165, 1.54) is 24.5 Å². The summed E-state index contributed by atoms with van der Waals surface area (Å²) < 4.78 is 13.2. The molecular formula is C28H24FN7O2. The van der Waals surface area contributed by atoms with Crippen LogP contribution in [0, 0.1) is 5.82 Å². The zero-order valence-electron chi connectivity index (χ0n) is 20.4. The zero-order chi connectivity index (χ0) is 26.5. The molecule has 4 aromatic rings. The van der Waals surface area contributed by atoms with Crippen LogP contribution in [0.25, 0.3) is 17.7 Å². The number of carbonyl (C=O) groups is 2. The highest BCUT2D eigenvalue weighted by molar-refractivity contribution is 6.34. The second kappa shape index (κ2) is 10.9. The number of H-pyrrole nitrogens is 1. The molecule has 2 aromatic carbocycles. The Bertz CT molecular complexity index is 1530. The van der Waals surface area contributed by atoms with E-state index in [0.717, 1.165) is 28.1 Å². The summed E-state index contributed by atoms with van der Waals surface area (Å²) in [6.45, 7) is 2.20. The van der Waals surface area contributed by atoms with Gasteiger partial charge in [-0.3, -0.25) is 9.59 Å². The lowest BCUT2D eigenvalue weighted by atomic mass is 10.0. The summed E-state index contributed by atoms with van der Waals surface area (Å²) in [5.74, 6) is -0.553. The molecule has 1 aliphatic heterocycles. The Morgan fingerprint density at radius 1 is 1.13 bits per heavy atom. The fourth-order valence-corrected chi connectivity index (χ4v) is 4.04. The summed E-state index contributed by atoms with van der Waals surface area (Å²) in [5.41, 5.74) is 4.72. The van der Waals surface area contributed by atoms with Crippen LogP contribution in [-0.2, 0) is 4.79 Å². The number of aromatic amines is 1. The van der Waals surface area contributed by atoms with Gasteiger partial charge in [-0.05, 0) is 42.3 Å². The normalized spacial score (nSPS) is 14.4. The van der Waals surface area contributed by atoms with E-state index in [1.54, 1.807) is 30.7 Å². The molecule has 4 N–H and O–H groups in total. The van der Waals surface area contributed by atoms with Gasteiger partial charge in [-0.15, -0.1) is 0 Å². The lowest BCUT2D eigenvalue weighted by molar-refractivity contribution is -0.110. The maximum atomic E-state index is 13.2. The molecule has 1 aliphatic rings. The monoisotopic (exact) mass is 509 g/mol. The van der Waals surface area contributed by atoms with Crippen LogP contribution in [0.3, 0.4) is 0 Å². The van der Waals surface area contributed by atoms with Crippen LogP contribution in [-0.4, -0.2) is 38.3 Å². The van der Waals surface area contributed by atoms with E-state index in [9.17, 15) is 14.0 Å². The highest BCUT2D eigenvalue weighted by atomic mass is 19.1. The number of carbonyl (C=O) groups excluding carboxylic acids is 2. The first-order valence-corrected chi connectivity index (χ1v) is 11.9. The van der Waals surface area contributed by atoms with E-state index in [-0.39, 0.29) is 23.5 Å². The smallest absolute Gasteiger partial charge is 0.274 e. The molecule has 5 rings (SSSR count). The van der Waals surface area contributed by atoms with Gasteiger partial charge in [0.15, 0.2) is 11.5 Å². The van der Waals surface area contributed by atoms with Crippen molar-refractivity contribution in [1.29, 1.82) is 0 Å². The fourth-order valence-electron chi connectivity index (χ4n) is 4.04. The van der Waals surface area contributed by atoms with E-state index in [4.69, 9.17) is 0 Å². The molecule has 9 nitrogen and oxygen atoms in total. The molecule has 2 amide bonds. The minimum atomic E-state index is -0.394. The minimum absolute atomic E-state index is 0.159. The number of nitrogens with one attached hydrogen (secondary N) is 4. The SMILES string of the molecule is C[C@H](NC(=O)c1nccnc1NC/C=C/c1ccc2c(c1)NC(=O)/C2=C\c1cnc[nH]1)c1ccc(F)cc1. The van der Waals surface area contributed by atoms with Gasteiger partial charge in [0.1, 0.15) is 5.82 Å². The Kier molecular flexibility index (Phi) is 7.03. The van der Waals surface area contributed by atoms with Crippen LogP contribution in [0.2, 0.25) is 0 Å². The average molecular weight is 510 g/mol. The number of benzene rings is 2.